The van der Waals surface area contributed by atoms with E-state index in [1.807, 2.05) is 38.1 Å². The first kappa shape index (κ1) is 14.5. The molecule has 0 spiro atoms. The van der Waals surface area contributed by atoms with E-state index < -0.39 is 5.97 Å². The molecule has 2 N–H and O–H groups in total. The third kappa shape index (κ3) is 5.19. The number of methoxy groups -OCH3 is 1. The maximum absolute atomic E-state index is 10.8. The summed E-state index contributed by atoms with van der Waals surface area (Å²) in [6, 6.07) is 7.94. The fourth-order valence-corrected chi connectivity index (χ4v) is 1.92. The van der Waals surface area contributed by atoms with Gasteiger partial charge >= 0.3 is 5.97 Å². The monoisotopic (exact) mass is 251 g/mol. The molecule has 0 aromatic heterocycles. The van der Waals surface area contributed by atoms with E-state index >= 15 is 0 Å². The maximum Gasteiger partial charge on any atom is 0.304 e. The van der Waals surface area contributed by atoms with Crippen molar-refractivity contribution in [1.82, 2.24) is 5.32 Å². The van der Waals surface area contributed by atoms with Gasteiger partial charge in [-0.25, -0.2) is 0 Å². The highest BCUT2D eigenvalue weighted by Crippen LogP contribution is 2.13. The molecule has 0 aliphatic heterocycles. The molecule has 0 bridgehead atoms. The molecular formula is C14H21NO3. The van der Waals surface area contributed by atoms with Crippen LogP contribution in [-0.2, 0) is 11.2 Å². The van der Waals surface area contributed by atoms with E-state index in [-0.39, 0.29) is 18.5 Å². The average Bonchev–Trinajstić information content (AvgIpc) is 2.28. The Labute approximate surface area is 108 Å². The first-order valence-electron chi connectivity index (χ1n) is 6.12. The van der Waals surface area contributed by atoms with Crippen molar-refractivity contribution < 1.29 is 14.6 Å². The van der Waals surface area contributed by atoms with Gasteiger partial charge in [-0.1, -0.05) is 26.0 Å². The van der Waals surface area contributed by atoms with Gasteiger partial charge in [-0.2, -0.15) is 0 Å². The second kappa shape index (κ2) is 7.01. The van der Waals surface area contributed by atoms with E-state index in [0.29, 0.717) is 6.42 Å². The number of nitrogens with one attached hydrogen (secondary N) is 1. The van der Waals surface area contributed by atoms with Crippen LogP contribution in [0, 0.1) is 0 Å². The van der Waals surface area contributed by atoms with Gasteiger partial charge in [0.1, 0.15) is 5.75 Å². The number of carboxylic acid groups (broad SMARTS) is 1. The molecule has 1 aromatic carbocycles. The maximum atomic E-state index is 10.8. The molecule has 4 heteroatoms. The molecule has 0 saturated carbocycles. The summed E-state index contributed by atoms with van der Waals surface area (Å²) in [7, 11) is 1.63. The first-order chi connectivity index (χ1) is 8.51. The standard InChI is InChI=1S/C14H21NO3/c1-10(2)15-12(9-14(16)17)8-11-4-6-13(18-3)7-5-11/h4-7,10,12,15H,8-9H2,1-3H3,(H,16,17). The van der Waals surface area contributed by atoms with Gasteiger partial charge in [0.05, 0.1) is 13.5 Å². The lowest BCUT2D eigenvalue weighted by Gasteiger charge is -2.19. The zero-order chi connectivity index (χ0) is 13.5. The topological polar surface area (TPSA) is 58.6 Å². The molecule has 4 nitrogen and oxygen atoms in total. The number of carboxylic acids is 1. The summed E-state index contributed by atoms with van der Waals surface area (Å²) in [6.07, 6.45) is 0.832. The lowest BCUT2D eigenvalue weighted by Crippen LogP contribution is -2.38. The third-order valence-electron chi connectivity index (χ3n) is 2.63. The fraction of sp³-hybridized carbons (Fsp3) is 0.500. The summed E-state index contributed by atoms with van der Waals surface area (Å²) in [5.41, 5.74) is 1.11. The van der Waals surface area contributed by atoms with Gasteiger partial charge in [0.2, 0.25) is 0 Å². The molecular weight excluding hydrogens is 230 g/mol. The van der Waals surface area contributed by atoms with Crippen LogP contribution >= 0.6 is 0 Å². The first-order valence-corrected chi connectivity index (χ1v) is 6.12. The van der Waals surface area contributed by atoms with E-state index in [0.717, 1.165) is 11.3 Å². The average molecular weight is 251 g/mol. The molecule has 1 atom stereocenters. The number of rotatable bonds is 7. The van der Waals surface area contributed by atoms with Crippen molar-refractivity contribution in [3.8, 4) is 5.75 Å². The molecule has 0 aliphatic carbocycles. The third-order valence-corrected chi connectivity index (χ3v) is 2.63. The Kier molecular flexibility index (Phi) is 5.65. The van der Waals surface area contributed by atoms with Crippen molar-refractivity contribution in [3.05, 3.63) is 29.8 Å². The van der Waals surface area contributed by atoms with Crippen LogP contribution in [-0.4, -0.2) is 30.3 Å². The Hall–Kier alpha value is -1.55. The van der Waals surface area contributed by atoms with Gasteiger partial charge < -0.3 is 15.2 Å². The van der Waals surface area contributed by atoms with Crippen molar-refractivity contribution in [1.29, 1.82) is 0 Å². The van der Waals surface area contributed by atoms with Gasteiger partial charge in [-0.15, -0.1) is 0 Å². The molecule has 0 heterocycles. The van der Waals surface area contributed by atoms with Gasteiger partial charge in [0, 0.05) is 12.1 Å². The normalized spacial score (nSPS) is 12.4. The second-order valence-corrected chi connectivity index (χ2v) is 4.67. The minimum atomic E-state index is -0.776. The molecule has 100 valence electrons. The van der Waals surface area contributed by atoms with Crippen molar-refractivity contribution in [2.24, 2.45) is 0 Å². The smallest absolute Gasteiger partial charge is 0.304 e. The Morgan fingerprint density at radius 2 is 1.94 bits per heavy atom. The lowest BCUT2D eigenvalue weighted by molar-refractivity contribution is -0.137. The minimum absolute atomic E-state index is 0.0455. The SMILES string of the molecule is COc1ccc(CC(CC(=O)O)NC(C)C)cc1. The second-order valence-electron chi connectivity index (χ2n) is 4.67. The van der Waals surface area contributed by atoms with Crippen molar-refractivity contribution in [3.63, 3.8) is 0 Å². The Morgan fingerprint density at radius 1 is 1.33 bits per heavy atom. The van der Waals surface area contributed by atoms with Gasteiger partial charge in [-0.3, -0.25) is 4.79 Å². The van der Waals surface area contributed by atoms with Gasteiger partial charge in [0.15, 0.2) is 0 Å². The summed E-state index contributed by atoms with van der Waals surface area (Å²) in [5.74, 6) is 0.0343. The molecule has 0 aliphatic rings. The highest BCUT2D eigenvalue weighted by molar-refractivity contribution is 5.67. The highest BCUT2D eigenvalue weighted by atomic mass is 16.5. The van der Waals surface area contributed by atoms with Crippen LogP contribution in [0.5, 0.6) is 5.75 Å². The van der Waals surface area contributed by atoms with E-state index in [1.54, 1.807) is 7.11 Å². The van der Waals surface area contributed by atoms with E-state index in [2.05, 4.69) is 5.32 Å². The summed E-state index contributed by atoms with van der Waals surface area (Å²) >= 11 is 0. The van der Waals surface area contributed by atoms with Crippen molar-refractivity contribution in [2.45, 2.75) is 38.8 Å². The molecule has 1 unspecified atom stereocenters. The fourth-order valence-electron chi connectivity index (χ4n) is 1.92. The zero-order valence-corrected chi connectivity index (χ0v) is 11.1. The highest BCUT2D eigenvalue weighted by Gasteiger charge is 2.14. The predicted molar refractivity (Wildman–Crippen MR) is 71.0 cm³/mol. The number of ether oxygens (including phenoxy) is 1. The lowest BCUT2D eigenvalue weighted by atomic mass is 10.0. The van der Waals surface area contributed by atoms with Crippen LogP contribution in [0.2, 0.25) is 0 Å². The Bertz CT molecular complexity index is 373. The molecule has 0 saturated heterocycles. The van der Waals surface area contributed by atoms with Gasteiger partial charge in [0.25, 0.3) is 0 Å². The Balaban J connectivity index is 2.65. The number of aliphatic carboxylic acids is 1. The zero-order valence-electron chi connectivity index (χ0n) is 11.1. The summed E-state index contributed by atoms with van der Waals surface area (Å²) in [5, 5.41) is 12.2. The summed E-state index contributed by atoms with van der Waals surface area (Å²) < 4.78 is 5.09. The molecule has 0 radical (unpaired) electrons. The quantitative estimate of drug-likeness (QED) is 0.779. The van der Waals surface area contributed by atoms with E-state index in [4.69, 9.17) is 9.84 Å². The summed E-state index contributed by atoms with van der Waals surface area (Å²) in [6.45, 7) is 4.03. The molecule has 18 heavy (non-hydrogen) atoms. The largest absolute Gasteiger partial charge is 0.497 e. The number of carbonyl (C=O) groups is 1. The van der Waals surface area contributed by atoms with Crippen LogP contribution in [0.3, 0.4) is 0 Å². The minimum Gasteiger partial charge on any atom is -0.497 e. The number of benzene rings is 1. The summed E-state index contributed by atoms with van der Waals surface area (Å²) in [4.78, 5) is 10.8. The van der Waals surface area contributed by atoms with E-state index in [9.17, 15) is 4.79 Å². The molecule has 1 aromatic rings. The van der Waals surface area contributed by atoms with Gasteiger partial charge in [-0.05, 0) is 24.1 Å². The van der Waals surface area contributed by atoms with E-state index in [1.165, 1.54) is 0 Å². The molecule has 0 amide bonds. The van der Waals surface area contributed by atoms with Crippen LogP contribution in [0.25, 0.3) is 0 Å². The van der Waals surface area contributed by atoms with Crippen LogP contribution in [0.4, 0.5) is 0 Å². The van der Waals surface area contributed by atoms with Crippen LogP contribution < -0.4 is 10.1 Å². The van der Waals surface area contributed by atoms with Crippen molar-refractivity contribution >= 4 is 5.97 Å². The Morgan fingerprint density at radius 3 is 2.39 bits per heavy atom. The van der Waals surface area contributed by atoms with Crippen molar-refractivity contribution in [2.75, 3.05) is 7.11 Å². The number of hydrogen-bond donors (Lipinski definition) is 2. The molecule has 0 fully saturated rings. The molecule has 1 rings (SSSR count). The van der Waals surface area contributed by atoms with Crippen LogP contribution in [0.15, 0.2) is 24.3 Å². The van der Waals surface area contributed by atoms with Crippen LogP contribution in [0.1, 0.15) is 25.8 Å². The predicted octanol–water partition coefficient (Wildman–Crippen LogP) is 2.08. The number of hydrogen-bond acceptors (Lipinski definition) is 3.